The van der Waals surface area contributed by atoms with E-state index in [0.717, 1.165) is 24.3 Å². The van der Waals surface area contributed by atoms with E-state index in [2.05, 4.69) is 5.10 Å². The molecule has 2 rings (SSSR count). The largest absolute Gasteiger partial charge is 0.494 e. The average molecular weight is 261 g/mol. The Balaban J connectivity index is 1.85. The fraction of sp³-hybridized carbons (Fsp3) is 0.357. The first-order valence-corrected chi connectivity index (χ1v) is 6.47. The van der Waals surface area contributed by atoms with E-state index in [1.54, 1.807) is 4.68 Å². The van der Waals surface area contributed by atoms with Crippen LogP contribution in [0.25, 0.3) is 0 Å². The van der Waals surface area contributed by atoms with Crippen molar-refractivity contribution in [1.29, 1.82) is 0 Å². The van der Waals surface area contributed by atoms with Gasteiger partial charge in [0.25, 0.3) is 5.56 Å². The quantitative estimate of drug-likeness (QED) is 0.779. The second-order valence-electron chi connectivity index (χ2n) is 4.33. The number of aryl methyl sites for hydroxylation is 2. The Bertz CT molecular complexity index is 572. The normalized spacial score (nSPS) is 10.6. The van der Waals surface area contributed by atoms with Crippen molar-refractivity contribution in [2.75, 3.05) is 12.3 Å². The van der Waals surface area contributed by atoms with Crippen molar-refractivity contribution < 1.29 is 4.74 Å². The third-order valence-electron chi connectivity index (χ3n) is 2.96. The number of nitrogens with one attached hydrogen (secondary N) is 1. The first kappa shape index (κ1) is 13.3. The van der Waals surface area contributed by atoms with Gasteiger partial charge in [-0.15, -0.1) is 0 Å². The molecule has 0 amide bonds. The molecule has 1 aromatic heterocycles. The molecule has 2 aromatic rings. The van der Waals surface area contributed by atoms with Gasteiger partial charge in [0.1, 0.15) is 11.4 Å². The molecule has 0 aliphatic rings. The van der Waals surface area contributed by atoms with Gasteiger partial charge in [0.15, 0.2) is 0 Å². The van der Waals surface area contributed by atoms with Crippen LogP contribution in [0, 0.1) is 0 Å². The summed E-state index contributed by atoms with van der Waals surface area (Å²) < 4.78 is 7.11. The molecule has 0 aliphatic heterocycles. The maximum absolute atomic E-state index is 11.8. The molecule has 0 bridgehead atoms. The molecule has 0 aliphatic carbocycles. The van der Waals surface area contributed by atoms with Crippen molar-refractivity contribution in [3.8, 4) is 5.75 Å². The fourth-order valence-corrected chi connectivity index (χ4v) is 1.90. The summed E-state index contributed by atoms with van der Waals surface area (Å²) in [4.78, 5) is 11.8. The summed E-state index contributed by atoms with van der Waals surface area (Å²) in [6, 6.07) is 9.63. The molecule has 0 spiro atoms. The van der Waals surface area contributed by atoms with Crippen LogP contribution in [0.4, 0.5) is 5.69 Å². The standard InChI is InChI=1S/C14H19N3O2/c1-2-12-13(15)14(18)17(16-12)9-6-10-19-11-7-4-3-5-8-11/h3-5,7-8,16H,2,6,9-10,15H2,1H3. The maximum atomic E-state index is 11.8. The van der Waals surface area contributed by atoms with E-state index in [-0.39, 0.29) is 5.56 Å². The molecule has 1 heterocycles. The summed E-state index contributed by atoms with van der Waals surface area (Å²) in [5, 5.41) is 3.02. The molecule has 19 heavy (non-hydrogen) atoms. The Morgan fingerprint density at radius 1 is 1.32 bits per heavy atom. The molecule has 0 saturated carbocycles. The van der Waals surface area contributed by atoms with Crippen LogP contribution < -0.4 is 16.0 Å². The van der Waals surface area contributed by atoms with Crippen molar-refractivity contribution in [1.82, 2.24) is 9.78 Å². The summed E-state index contributed by atoms with van der Waals surface area (Å²) in [6.07, 6.45) is 1.48. The van der Waals surface area contributed by atoms with Crippen molar-refractivity contribution in [2.24, 2.45) is 0 Å². The molecule has 0 fully saturated rings. The Kier molecular flexibility index (Phi) is 4.28. The summed E-state index contributed by atoms with van der Waals surface area (Å²) in [5.74, 6) is 0.843. The molecule has 1 aromatic carbocycles. The van der Waals surface area contributed by atoms with Crippen LogP contribution in [0.15, 0.2) is 35.1 Å². The van der Waals surface area contributed by atoms with Gasteiger partial charge in [0.05, 0.1) is 12.3 Å². The first-order valence-electron chi connectivity index (χ1n) is 6.47. The zero-order valence-corrected chi connectivity index (χ0v) is 11.1. The van der Waals surface area contributed by atoms with E-state index in [0.29, 0.717) is 18.8 Å². The molecule has 0 saturated heterocycles. The third kappa shape index (κ3) is 3.19. The van der Waals surface area contributed by atoms with Gasteiger partial charge in [-0.25, -0.2) is 0 Å². The number of rotatable bonds is 6. The van der Waals surface area contributed by atoms with Crippen LogP contribution in [-0.4, -0.2) is 16.4 Å². The molecule has 5 nitrogen and oxygen atoms in total. The lowest BCUT2D eigenvalue weighted by molar-refractivity contribution is 0.297. The van der Waals surface area contributed by atoms with Crippen LogP contribution in [0.5, 0.6) is 5.75 Å². The van der Waals surface area contributed by atoms with E-state index in [1.807, 2.05) is 37.3 Å². The number of benzene rings is 1. The molecule has 0 radical (unpaired) electrons. The van der Waals surface area contributed by atoms with Gasteiger partial charge in [0.2, 0.25) is 0 Å². The summed E-state index contributed by atoms with van der Waals surface area (Å²) >= 11 is 0. The lowest BCUT2D eigenvalue weighted by atomic mass is 10.3. The predicted molar refractivity (Wildman–Crippen MR) is 75.4 cm³/mol. The number of hydrogen-bond acceptors (Lipinski definition) is 3. The number of aromatic nitrogens is 2. The molecule has 5 heteroatoms. The van der Waals surface area contributed by atoms with Crippen molar-refractivity contribution in [3.05, 3.63) is 46.4 Å². The van der Waals surface area contributed by atoms with E-state index < -0.39 is 0 Å². The highest BCUT2D eigenvalue weighted by Crippen LogP contribution is 2.09. The number of nitrogens with two attached hydrogens (primary N) is 1. The van der Waals surface area contributed by atoms with Gasteiger partial charge in [-0.2, -0.15) is 0 Å². The number of hydrogen-bond donors (Lipinski definition) is 2. The monoisotopic (exact) mass is 261 g/mol. The van der Waals surface area contributed by atoms with Gasteiger partial charge in [-0.05, 0) is 18.6 Å². The Morgan fingerprint density at radius 2 is 2.05 bits per heavy atom. The molecule has 0 atom stereocenters. The maximum Gasteiger partial charge on any atom is 0.289 e. The van der Waals surface area contributed by atoms with Gasteiger partial charge in [0, 0.05) is 13.0 Å². The topological polar surface area (TPSA) is 73.0 Å². The van der Waals surface area contributed by atoms with Gasteiger partial charge in [-0.1, -0.05) is 25.1 Å². The molecular weight excluding hydrogens is 242 g/mol. The molecule has 0 unspecified atom stereocenters. The van der Waals surface area contributed by atoms with Crippen molar-refractivity contribution >= 4 is 5.69 Å². The Labute approximate surface area is 112 Å². The van der Waals surface area contributed by atoms with Crippen LogP contribution in [0.3, 0.4) is 0 Å². The minimum atomic E-state index is -0.142. The first-order chi connectivity index (χ1) is 9.22. The predicted octanol–water partition coefficient (Wildman–Crippen LogP) is 1.79. The third-order valence-corrected chi connectivity index (χ3v) is 2.96. The van der Waals surface area contributed by atoms with E-state index in [9.17, 15) is 4.79 Å². The van der Waals surface area contributed by atoms with E-state index in [4.69, 9.17) is 10.5 Å². The number of nitrogen functional groups attached to an aromatic ring is 1. The van der Waals surface area contributed by atoms with Gasteiger partial charge in [-0.3, -0.25) is 14.6 Å². The van der Waals surface area contributed by atoms with E-state index in [1.165, 1.54) is 0 Å². The highest BCUT2D eigenvalue weighted by atomic mass is 16.5. The average Bonchev–Trinajstić information content (AvgIpc) is 2.72. The number of ether oxygens (including phenoxy) is 1. The van der Waals surface area contributed by atoms with Crippen LogP contribution in [0.1, 0.15) is 19.0 Å². The number of anilines is 1. The molecule has 3 N–H and O–H groups in total. The smallest absolute Gasteiger partial charge is 0.289 e. The van der Waals surface area contributed by atoms with Crippen LogP contribution >= 0.6 is 0 Å². The van der Waals surface area contributed by atoms with Crippen LogP contribution in [0.2, 0.25) is 0 Å². The fourth-order valence-electron chi connectivity index (χ4n) is 1.90. The second-order valence-corrected chi connectivity index (χ2v) is 4.33. The Hall–Kier alpha value is -2.17. The zero-order chi connectivity index (χ0) is 13.7. The lowest BCUT2D eigenvalue weighted by Crippen LogP contribution is -2.19. The molecule has 102 valence electrons. The number of para-hydroxylation sites is 1. The van der Waals surface area contributed by atoms with Crippen molar-refractivity contribution in [3.63, 3.8) is 0 Å². The van der Waals surface area contributed by atoms with E-state index >= 15 is 0 Å². The van der Waals surface area contributed by atoms with Gasteiger partial charge >= 0.3 is 0 Å². The van der Waals surface area contributed by atoms with Crippen molar-refractivity contribution in [2.45, 2.75) is 26.3 Å². The van der Waals surface area contributed by atoms with Gasteiger partial charge < -0.3 is 10.5 Å². The summed E-state index contributed by atoms with van der Waals surface area (Å²) in [7, 11) is 0. The Morgan fingerprint density at radius 3 is 2.68 bits per heavy atom. The highest BCUT2D eigenvalue weighted by molar-refractivity contribution is 5.40. The minimum absolute atomic E-state index is 0.142. The summed E-state index contributed by atoms with van der Waals surface area (Å²) in [5.41, 5.74) is 6.70. The zero-order valence-electron chi connectivity index (χ0n) is 11.1. The van der Waals surface area contributed by atoms with Crippen LogP contribution in [-0.2, 0) is 13.0 Å². The lowest BCUT2D eigenvalue weighted by Gasteiger charge is -2.05. The number of nitrogens with zero attached hydrogens (tertiary/aromatic N) is 1. The summed E-state index contributed by atoms with van der Waals surface area (Å²) in [6.45, 7) is 3.11. The second kappa shape index (κ2) is 6.13. The minimum Gasteiger partial charge on any atom is -0.494 e. The molecular formula is C14H19N3O2. The number of aromatic amines is 1. The number of H-pyrrole nitrogens is 1. The highest BCUT2D eigenvalue weighted by Gasteiger charge is 2.08. The SMILES string of the molecule is CCc1[nH]n(CCCOc2ccccc2)c(=O)c1N.